The van der Waals surface area contributed by atoms with E-state index in [0.717, 1.165) is 5.69 Å². The van der Waals surface area contributed by atoms with Crippen LogP contribution in [-0.2, 0) is 0 Å². The molecular weight excluding hydrogens is 226 g/mol. The van der Waals surface area contributed by atoms with Gasteiger partial charge < -0.3 is 15.7 Å². The molecule has 1 rings (SSSR count). The molecule has 0 heterocycles. The number of aliphatic hydroxyl groups is 1. The summed E-state index contributed by atoms with van der Waals surface area (Å²) in [6.07, 6.45) is -0.455. The van der Waals surface area contributed by atoms with Crippen LogP contribution >= 0.6 is 11.6 Å². The van der Waals surface area contributed by atoms with E-state index in [-0.39, 0.29) is 5.84 Å². The van der Waals surface area contributed by atoms with E-state index in [4.69, 9.17) is 22.7 Å². The van der Waals surface area contributed by atoms with Gasteiger partial charge in [-0.1, -0.05) is 17.7 Å². The van der Waals surface area contributed by atoms with Gasteiger partial charge in [-0.2, -0.15) is 0 Å². The molecule has 88 valence electrons. The third-order valence-electron chi connectivity index (χ3n) is 2.21. The molecular formula is C11H16ClN3O. The Morgan fingerprint density at radius 1 is 1.62 bits per heavy atom. The number of nitrogens with one attached hydrogen (secondary N) is 1. The fraction of sp³-hybridized carbons (Fsp3) is 0.364. The normalized spacial score (nSPS) is 12.2. The highest BCUT2D eigenvalue weighted by Gasteiger charge is 2.14. The van der Waals surface area contributed by atoms with Crippen molar-refractivity contribution in [3.8, 4) is 0 Å². The molecule has 0 saturated carbocycles. The Morgan fingerprint density at radius 2 is 2.25 bits per heavy atom. The van der Waals surface area contributed by atoms with Gasteiger partial charge in [-0.15, -0.1) is 0 Å². The standard InChI is InChI=1S/C11H16ClN3O/c1-7(16)6-15(2)9-5-3-4-8(12)10(9)11(13)14/h3-5,7,16H,6H2,1-2H3,(H3,13,14). The van der Waals surface area contributed by atoms with Gasteiger partial charge in [-0.05, 0) is 19.1 Å². The summed E-state index contributed by atoms with van der Waals surface area (Å²) in [6.45, 7) is 2.16. The number of halogens is 1. The lowest BCUT2D eigenvalue weighted by Crippen LogP contribution is -2.29. The molecule has 0 bridgehead atoms. The summed E-state index contributed by atoms with van der Waals surface area (Å²) in [5.41, 5.74) is 6.75. The third kappa shape index (κ3) is 2.87. The van der Waals surface area contributed by atoms with Crippen molar-refractivity contribution >= 4 is 23.1 Å². The molecule has 1 unspecified atom stereocenters. The molecule has 0 saturated heterocycles. The molecule has 16 heavy (non-hydrogen) atoms. The first-order valence-electron chi connectivity index (χ1n) is 4.95. The lowest BCUT2D eigenvalue weighted by molar-refractivity contribution is 0.201. The number of hydrogen-bond acceptors (Lipinski definition) is 3. The number of nitrogens with two attached hydrogens (primary N) is 1. The SMILES string of the molecule is CC(O)CN(C)c1cccc(Cl)c1C(=N)N. The number of hydrogen-bond donors (Lipinski definition) is 3. The van der Waals surface area contributed by atoms with E-state index < -0.39 is 6.10 Å². The molecule has 0 aliphatic heterocycles. The molecule has 0 radical (unpaired) electrons. The highest BCUT2D eigenvalue weighted by molar-refractivity contribution is 6.34. The zero-order valence-electron chi connectivity index (χ0n) is 9.37. The lowest BCUT2D eigenvalue weighted by Gasteiger charge is -2.23. The summed E-state index contributed by atoms with van der Waals surface area (Å²) in [6, 6.07) is 5.31. The minimum Gasteiger partial charge on any atom is -0.392 e. The van der Waals surface area contributed by atoms with E-state index >= 15 is 0 Å². The van der Waals surface area contributed by atoms with Crippen LogP contribution in [0.2, 0.25) is 5.02 Å². The second kappa shape index (κ2) is 5.18. The van der Waals surface area contributed by atoms with Gasteiger partial charge in [0, 0.05) is 19.3 Å². The first-order valence-corrected chi connectivity index (χ1v) is 5.33. The Bertz CT molecular complexity index is 393. The maximum absolute atomic E-state index is 9.32. The Morgan fingerprint density at radius 3 is 2.75 bits per heavy atom. The predicted molar refractivity (Wildman–Crippen MR) is 67.4 cm³/mol. The van der Waals surface area contributed by atoms with Crippen LogP contribution in [0.5, 0.6) is 0 Å². The number of aliphatic hydroxyl groups excluding tert-OH is 1. The summed E-state index contributed by atoms with van der Waals surface area (Å²) in [4.78, 5) is 1.83. The molecule has 1 aromatic carbocycles. The fourth-order valence-corrected chi connectivity index (χ4v) is 1.86. The van der Waals surface area contributed by atoms with Crippen LogP contribution in [0.3, 0.4) is 0 Å². The summed E-state index contributed by atoms with van der Waals surface area (Å²) < 4.78 is 0. The van der Waals surface area contributed by atoms with Crippen molar-refractivity contribution < 1.29 is 5.11 Å². The molecule has 4 nitrogen and oxygen atoms in total. The largest absolute Gasteiger partial charge is 0.392 e. The zero-order valence-corrected chi connectivity index (χ0v) is 10.1. The predicted octanol–water partition coefficient (Wildman–Crippen LogP) is 1.44. The first-order chi connectivity index (χ1) is 7.43. The molecule has 0 amide bonds. The molecule has 1 atom stereocenters. The van der Waals surface area contributed by atoms with E-state index in [1.165, 1.54) is 0 Å². The Labute approximate surface area is 100 Å². The Kier molecular flexibility index (Phi) is 4.15. The highest BCUT2D eigenvalue weighted by Crippen LogP contribution is 2.26. The average molecular weight is 242 g/mol. The third-order valence-corrected chi connectivity index (χ3v) is 2.53. The number of rotatable bonds is 4. The van der Waals surface area contributed by atoms with Crippen molar-refractivity contribution in [1.82, 2.24) is 0 Å². The molecule has 0 spiro atoms. The fourth-order valence-electron chi connectivity index (χ4n) is 1.59. The van der Waals surface area contributed by atoms with E-state index in [2.05, 4.69) is 0 Å². The quantitative estimate of drug-likeness (QED) is 0.552. The van der Waals surface area contributed by atoms with Crippen LogP contribution in [0.4, 0.5) is 5.69 Å². The topological polar surface area (TPSA) is 73.3 Å². The van der Waals surface area contributed by atoms with Gasteiger partial charge >= 0.3 is 0 Å². The molecule has 0 aromatic heterocycles. The first kappa shape index (κ1) is 12.8. The van der Waals surface area contributed by atoms with Crippen LogP contribution in [0.25, 0.3) is 0 Å². The maximum atomic E-state index is 9.32. The van der Waals surface area contributed by atoms with Crippen LogP contribution in [0.15, 0.2) is 18.2 Å². The van der Waals surface area contributed by atoms with Crippen LogP contribution < -0.4 is 10.6 Å². The summed E-state index contributed by atoms with van der Waals surface area (Å²) >= 11 is 6.00. The van der Waals surface area contributed by atoms with Gasteiger partial charge in [-0.25, -0.2) is 0 Å². The summed E-state index contributed by atoms with van der Waals surface area (Å²) in [5.74, 6) is -0.0713. The molecule has 1 aromatic rings. The second-order valence-electron chi connectivity index (χ2n) is 3.78. The van der Waals surface area contributed by atoms with Crippen molar-refractivity contribution in [2.45, 2.75) is 13.0 Å². The van der Waals surface area contributed by atoms with Gasteiger partial charge in [-0.3, -0.25) is 5.41 Å². The Balaban J connectivity index is 3.12. The molecule has 0 aliphatic carbocycles. The van der Waals surface area contributed by atoms with Crippen molar-refractivity contribution in [3.05, 3.63) is 28.8 Å². The van der Waals surface area contributed by atoms with E-state index in [1.807, 2.05) is 18.0 Å². The maximum Gasteiger partial charge on any atom is 0.126 e. The smallest absolute Gasteiger partial charge is 0.126 e. The molecule has 5 heteroatoms. The van der Waals surface area contributed by atoms with Crippen molar-refractivity contribution in [2.75, 3.05) is 18.5 Å². The van der Waals surface area contributed by atoms with Gasteiger partial charge in [0.25, 0.3) is 0 Å². The Hall–Kier alpha value is -1.26. The number of likely N-dealkylation sites (N-methyl/N-ethyl adjacent to an activating group) is 1. The summed E-state index contributed by atoms with van der Waals surface area (Å²) in [7, 11) is 1.82. The van der Waals surface area contributed by atoms with Gasteiger partial charge in [0.2, 0.25) is 0 Å². The average Bonchev–Trinajstić information content (AvgIpc) is 2.15. The monoisotopic (exact) mass is 241 g/mol. The zero-order chi connectivity index (χ0) is 12.3. The van der Waals surface area contributed by atoms with Crippen molar-refractivity contribution in [1.29, 1.82) is 5.41 Å². The molecule has 4 N–H and O–H groups in total. The van der Waals surface area contributed by atoms with Crippen LogP contribution in [-0.4, -0.2) is 30.6 Å². The summed E-state index contributed by atoms with van der Waals surface area (Å²) in [5, 5.41) is 17.3. The minimum absolute atomic E-state index is 0.0713. The number of amidine groups is 1. The molecule has 0 fully saturated rings. The van der Waals surface area contributed by atoms with Crippen LogP contribution in [0, 0.1) is 5.41 Å². The van der Waals surface area contributed by atoms with Crippen LogP contribution in [0.1, 0.15) is 12.5 Å². The van der Waals surface area contributed by atoms with Gasteiger partial charge in [0.15, 0.2) is 0 Å². The minimum atomic E-state index is -0.455. The van der Waals surface area contributed by atoms with Gasteiger partial charge in [0.1, 0.15) is 5.84 Å². The number of benzene rings is 1. The van der Waals surface area contributed by atoms with E-state index in [9.17, 15) is 5.11 Å². The van der Waals surface area contributed by atoms with Gasteiger partial charge in [0.05, 0.1) is 16.7 Å². The van der Waals surface area contributed by atoms with E-state index in [1.54, 1.807) is 19.1 Å². The molecule has 0 aliphatic rings. The number of anilines is 1. The number of nitrogen functional groups attached to an aromatic ring is 1. The van der Waals surface area contributed by atoms with Crippen molar-refractivity contribution in [3.63, 3.8) is 0 Å². The lowest BCUT2D eigenvalue weighted by atomic mass is 10.1. The number of nitrogens with zero attached hydrogens (tertiary/aromatic N) is 1. The highest BCUT2D eigenvalue weighted by atomic mass is 35.5. The van der Waals surface area contributed by atoms with E-state index in [0.29, 0.717) is 17.1 Å². The van der Waals surface area contributed by atoms with Crippen molar-refractivity contribution in [2.24, 2.45) is 5.73 Å². The second-order valence-corrected chi connectivity index (χ2v) is 4.18.